The zero-order valence-electron chi connectivity index (χ0n) is 10.1. The number of carbonyl (C=O) groups is 1. The topological polar surface area (TPSA) is 29.5 Å². The highest BCUT2D eigenvalue weighted by Gasteiger charge is 2.21. The SMILES string of the molecule is CCOCCN(C)CC(=O)C(C)(C)C. The van der Waals surface area contributed by atoms with Gasteiger partial charge in [0.1, 0.15) is 0 Å². The Morgan fingerprint density at radius 3 is 2.36 bits per heavy atom. The van der Waals surface area contributed by atoms with Gasteiger partial charge in [-0.15, -0.1) is 0 Å². The number of ether oxygens (including phenoxy) is 1. The summed E-state index contributed by atoms with van der Waals surface area (Å²) in [5.41, 5.74) is -0.236. The summed E-state index contributed by atoms with van der Waals surface area (Å²) in [6.07, 6.45) is 0. The van der Waals surface area contributed by atoms with E-state index in [4.69, 9.17) is 4.74 Å². The number of rotatable bonds is 6. The van der Waals surface area contributed by atoms with Gasteiger partial charge in [-0.25, -0.2) is 0 Å². The number of hydrogen-bond donors (Lipinski definition) is 0. The van der Waals surface area contributed by atoms with Crippen LogP contribution >= 0.6 is 0 Å². The molecule has 0 fully saturated rings. The van der Waals surface area contributed by atoms with Crippen molar-refractivity contribution in [3.05, 3.63) is 0 Å². The molecule has 0 heterocycles. The number of hydrogen-bond acceptors (Lipinski definition) is 3. The van der Waals surface area contributed by atoms with Gasteiger partial charge in [-0.1, -0.05) is 20.8 Å². The molecule has 0 saturated carbocycles. The Balaban J connectivity index is 3.72. The Labute approximate surface area is 87.4 Å². The van der Waals surface area contributed by atoms with Crippen molar-refractivity contribution in [1.82, 2.24) is 4.90 Å². The third kappa shape index (κ3) is 6.11. The van der Waals surface area contributed by atoms with Gasteiger partial charge in [-0.3, -0.25) is 9.69 Å². The van der Waals surface area contributed by atoms with Crippen LogP contribution in [0.5, 0.6) is 0 Å². The number of likely N-dealkylation sites (N-methyl/N-ethyl adjacent to an activating group) is 1. The predicted molar refractivity (Wildman–Crippen MR) is 58.5 cm³/mol. The molecule has 0 bridgehead atoms. The molecule has 0 unspecified atom stereocenters. The lowest BCUT2D eigenvalue weighted by molar-refractivity contribution is -0.127. The van der Waals surface area contributed by atoms with E-state index in [2.05, 4.69) is 0 Å². The van der Waals surface area contributed by atoms with E-state index in [9.17, 15) is 4.79 Å². The summed E-state index contributed by atoms with van der Waals surface area (Å²) in [5.74, 6) is 0.275. The van der Waals surface area contributed by atoms with Gasteiger partial charge in [0, 0.05) is 18.6 Å². The van der Waals surface area contributed by atoms with E-state index in [1.165, 1.54) is 0 Å². The first-order valence-corrected chi connectivity index (χ1v) is 5.17. The average Bonchev–Trinajstić information content (AvgIpc) is 2.03. The van der Waals surface area contributed by atoms with Crippen LogP contribution in [0.25, 0.3) is 0 Å². The quantitative estimate of drug-likeness (QED) is 0.611. The minimum absolute atomic E-state index is 0.236. The molecule has 84 valence electrons. The number of Topliss-reactive ketones (excluding diaryl/α,β-unsaturated/α-hetero) is 1. The second-order valence-electron chi connectivity index (χ2n) is 4.61. The fourth-order valence-corrected chi connectivity index (χ4v) is 0.926. The zero-order valence-corrected chi connectivity index (χ0v) is 10.1. The maximum atomic E-state index is 11.6. The normalized spacial score (nSPS) is 12.1. The molecule has 0 aromatic rings. The standard InChI is InChI=1S/C11H23NO2/c1-6-14-8-7-12(5)9-10(13)11(2,3)4/h6-9H2,1-5H3. The summed E-state index contributed by atoms with van der Waals surface area (Å²) < 4.78 is 5.22. The lowest BCUT2D eigenvalue weighted by Gasteiger charge is -2.22. The summed E-state index contributed by atoms with van der Waals surface area (Å²) in [6.45, 7) is 10.6. The van der Waals surface area contributed by atoms with Crippen LogP contribution in [0.15, 0.2) is 0 Å². The zero-order chi connectivity index (χ0) is 11.2. The Kier molecular flexibility index (Phi) is 5.96. The molecule has 0 amide bonds. The van der Waals surface area contributed by atoms with Crippen LogP contribution in [-0.2, 0) is 9.53 Å². The minimum Gasteiger partial charge on any atom is -0.380 e. The van der Waals surface area contributed by atoms with Crippen LogP contribution in [0.3, 0.4) is 0 Å². The summed E-state index contributed by atoms with van der Waals surface area (Å²) in [7, 11) is 1.95. The highest BCUT2D eigenvalue weighted by Crippen LogP contribution is 2.14. The van der Waals surface area contributed by atoms with Gasteiger partial charge in [0.05, 0.1) is 13.2 Å². The fraction of sp³-hybridized carbons (Fsp3) is 0.909. The van der Waals surface area contributed by atoms with Crippen molar-refractivity contribution >= 4 is 5.78 Å². The molecule has 0 aromatic heterocycles. The van der Waals surface area contributed by atoms with Crippen LogP contribution < -0.4 is 0 Å². The highest BCUT2D eigenvalue weighted by atomic mass is 16.5. The van der Waals surface area contributed by atoms with Gasteiger partial charge in [0.2, 0.25) is 0 Å². The monoisotopic (exact) mass is 201 g/mol. The molecule has 0 aromatic carbocycles. The molecule has 0 saturated heterocycles. The van der Waals surface area contributed by atoms with Crippen molar-refractivity contribution in [3.63, 3.8) is 0 Å². The third-order valence-corrected chi connectivity index (χ3v) is 2.07. The molecule has 0 aliphatic carbocycles. The number of nitrogens with zero attached hydrogens (tertiary/aromatic N) is 1. The lowest BCUT2D eigenvalue weighted by atomic mass is 9.90. The van der Waals surface area contributed by atoms with Crippen molar-refractivity contribution in [2.75, 3.05) is 33.4 Å². The summed E-state index contributed by atoms with van der Waals surface area (Å²) in [5, 5.41) is 0. The van der Waals surface area contributed by atoms with E-state index in [0.29, 0.717) is 13.2 Å². The molecular formula is C11H23NO2. The van der Waals surface area contributed by atoms with Crippen molar-refractivity contribution < 1.29 is 9.53 Å². The first kappa shape index (κ1) is 13.6. The van der Waals surface area contributed by atoms with E-state index in [1.807, 2.05) is 39.6 Å². The second kappa shape index (κ2) is 6.14. The molecule has 3 nitrogen and oxygen atoms in total. The Morgan fingerprint density at radius 2 is 1.93 bits per heavy atom. The Hall–Kier alpha value is -0.410. The first-order chi connectivity index (χ1) is 6.38. The van der Waals surface area contributed by atoms with Crippen molar-refractivity contribution in [1.29, 1.82) is 0 Å². The molecule has 0 atom stereocenters. The molecule has 0 aliphatic heterocycles. The van der Waals surface area contributed by atoms with Crippen LogP contribution in [0, 0.1) is 5.41 Å². The van der Waals surface area contributed by atoms with E-state index < -0.39 is 0 Å². The van der Waals surface area contributed by atoms with E-state index in [-0.39, 0.29) is 11.2 Å². The fourth-order valence-electron chi connectivity index (χ4n) is 0.926. The van der Waals surface area contributed by atoms with Crippen molar-refractivity contribution in [2.24, 2.45) is 5.41 Å². The van der Waals surface area contributed by atoms with Crippen LogP contribution in [0.1, 0.15) is 27.7 Å². The van der Waals surface area contributed by atoms with E-state index in [0.717, 1.165) is 13.2 Å². The summed E-state index contributed by atoms with van der Waals surface area (Å²) in [6, 6.07) is 0. The van der Waals surface area contributed by atoms with Crippen molar-refractivity contribution in [2.45, 2.75) is 27.7 Å². The largest absolute Gasteiger partial charge is 0.380 e. The van der Waals surface area contributed by atoms with Crippen LogP contribution in [-0.4, -0.2) is 44.0 Å². The van der Waals surface area contributed by atoms with Gasteiger partial charge in [0.15, 0.2) is 5.78 Å². The number of ketones is 1. The number of carbonyl (C=O) groups excluding carboxylic acids is 1. The molecule has 14 heavy (non-hydrogen) atoms. The van der Waals surface area contributed by atoms with Gasteiger partial charge in [-0.2, -0.15) is 0 Å². The molecular weight excluding hydrogens is 178 g/mol. The van der Waals surface area contributed by atoms with Gasteiger partial charge in [-0.05, 0) is 14.0 Å². The van der Waals surface area contributed by atoms with Gasteiger partial charge < -0.3 is 4.74 Å². The van der Waals surface area contributed by atoms with Crippen LogP contribution in [0.4, 0.5) is 0 Å². The van der Waals surface area contributed by atoms with Gasteiger partial charge in [0.25, 0.3) is 0 Å². The maximum absolute atomic E-state index is 11.6. The molecule has 0 N–H and O–H groups in total. The average molecular weight is 201 g/mol. The molecule has 0 rings (SSSR count). The second-order valence-corrected chi connectivity index (χ2v) is 4.61. The van der Waals surface area contributed by atoms with E-state index in [1.54, 1.807) is 0 Å². The molecule has 0 spiro atoms. The molecule has 0 aliphatic rings. The molecule has 3 heteroatoms. The van der Waals surface area contributed by atoms with Crippen molar-refractivity contribution in [3.8, 4) is 0 Å². The third-order valence-electron chi connectivity index (χ3n) is 2.07. The minimum atomic E-state index is -0.236. The van der Waals surface area contributed by atoms with Crippen LogP contribution in [0.2, 0.25) is 0 Å². The molecule has 0 radical (unpaired) electrons. The van der Waals surface area contributed by atoms with E-state index >= 15 is 0 Å². The first-order valence-electron chi connectivity index (χ1n) is 5.17. The Bertz CT molecular complexity index is 173. The Morgan fingerprint density at radius 1 is 1.36 bits per heavy atom. The smallest absolute Gasteiger partial charge is 0.152 e. The lowest BCUT2D eigenvalue weighted by Crippen LogP contribution is -2.35. The maximum Gasteiger partial charge on any atom is 0.152 e. The summed E-state index contributed by atoms with van der Waals surface area (Å²) >= 11 is 0. The highest BCUT2D eigenvalue weighted by molar-refractivity contribution is 5.85. The van der Waals surface area contributed by atoms with Gasteiger partial charge >= 0.3 is 0 Å². The predicted octanol–water partition coefficient (Wildman–Crippen LogP) is 1.57. The summed E-state index contributed by atoms with van der Waals surface area (Å²) in [4.78, 5) is 13.6.